The van der Waals surface area contributed by atoms with Gasteiger partial charge in [-0.1, -0.05) is 19.3 Å². The van der Waals surface area contributed by atoms with Crippen LogP contribution in [0.1, 0.15) is 55.5 Å². The lowest BCUT2D eigenvalue weighted by atomic mass is 9.89. The summed E-state index contributed by atoms with van der Waals surface area (Å²) in [6, 6.07) is 1.44. The van der Waals surface area contributed by atoms with E-state index in [4.69, 9.17) is 9.52 Å². The zero-order valence-corrected chi connectivity index (χ0v) is 15.3. The number of rotatable bonds is 6. The molecule has 2 aliphatic rings. The quantitative estimate of drug-likeness (QED) is 0.773. The number of aromatic carboxylic acids is 1. The van der Waals surface area contributed by atoms with E-state index in [0.29, 0.717) is 25.3 Å². The second-order valence-corrected chi connectivity index (χ2v) is 8.77. The topological polar surface area (TPSA) is 117 Å². The number of nitrogens with one attached hydrogen (secondary N) is 1. The smallest absolute Gasteiger partial charge is 0.371 e. The predicted octanol–water partition coefficient (Wildman–Crippen LogP) is 1.83. The molecule has 1 unspecified atom stereocenters. The first-order valence-electron chi connectivity index (χ1n) is 9.02. The van der Waals surface area contributed by atoms with Crippen LogP contribution in [-0.2, 0) is 14.8 Å². The summed E-state index contributed by atoms with van der Waals surface area (Å²) in [6.07, 6.45) is 6.80. The molecule has 0 aromatic carbocycles. The van der Waals surface area contributed by atoms with Crippen LogP contribution < -0.4 is 5.32 Å². The summed E-state index contributed by atoms with van der Waals surface area (Å²) in [5.74, 6) is -1.61. The lowest BCUT2D eigenvalue weighted by Crippen LogP contribution is -2.46. The number of carboxylic acids is 1. The van der Waals surface area contributed by atoms with Crippen LogP contribution in [0.4, 0.5) is 0 Å². The molecule has 0 bridgehead atoms. The summed E-state index contributed by atoms with van der Waals surface area (Å²) >= 11 is 0. The Bertz CT molecular complexity index is 766. The third-order valence-corrected chi connectivity index (χ3v) is 6.93. The fourth-order valence-corrected chi connectivity index (χ4v) is 5.31. The first-order chi connectivity index (χ1) is 12.4. The number of furan rings is 1. The van der Waals surface area contributed by atoms with Gasteiger partial charge in [-0.25, -0.2) is 13.2 Å². The summed E-state index contributed by atoms with van der Waals surface area (Å²) in [4.78, 5) is 23.5. The Hall–Kier alpha value is -1.87. The molecule has 1 amide bonds. The number of hydrogen-bond donors (Lipinski definition) is 2. The van der Waals surface area contributed by atoms with E-state index in [0.717, 1.165) is 29.3 Å². The molecule has 0 radical (unpaired) electrons. The Labute approximate surface area is 152 Å². The van der Waals surface area contributed by atoms with E-state index in [9.17, 15) is 18.0 Å². The summed E-state index contributed by atoms with van der Waals surface area (Å²) in [5.41, 5.74) is 0. The Kier molecular flexibility index (Phi) is 5.67. The van der Waals surface area contributed by atoms with Crippen LogP contribution in [0.2, 0.25) is 0 Å². The molecule has 1 saturated heterocycles. The van der Waals surface area contributed by atoms with Crippen molar-refractivity contribution < 1.29 is 27.5 Å². The van der Waals surface area contributed by atoms with Gasteiger partial charge >= 0.3 is 5.97 Å². The Morgan fingerprint density at radius 3 is 2.54 bits per heavy atom. The van der Waals surface area contributed by atoms with E-state index in [1.165, 1.54) is 19.3 Å². The van der Waals surface area contributed by atoms with Crippen LogP contribution >= 0.6 is 0 Å². The molecule has 1 aromatic rings. The minimum atomic E-state index is -4.05. The van der Waals surface area contributed by atoms with Crippen molar-refractivity contribution in [2.45, 2.75) is 56.1 Å². The normalized spacial score (nSPS) is 22.4. The third kappa shape index (κ3) is 3.93. The molecule has 9 heteroatoms. The molecule has 1 aliphatic heterocycles. The number of nitrogens with zero attached hydrogens (tertiary/aromatic N) is 1. The Balaban J connectivity index is 1.67. The molecular formula is C17H24N2O6S. The highest BCUT2D eigenvalue weighted by atomic mass is 32.2. The molecule has 26 heavy (non-hydrogen) atoms. The van der Waals surface area contributed by atoms with Gasteiger partial charge in [0, 0.05) is 13.1 Å². The van der Waals surface area contributed by atoms with Crippen LogP contribution in [0.15, 0.2) is 21.6 Å². The van der Waals surface area contributed by atoms with Gasteiger partial charge in [-0.05, 0) is 43.7 Å². The first kappa shape index (κ1) is 18.9. The third-order valence-electron chi connectivity index (χ3n) is 5.15. The van der Waals surface area contributed by atoms with Gasteiger partial charge in [0.05, 0.1) is 0 Å². The highest BCUT2D eigenvalue weighted by molar-refractivity contribution is 7.89. The molecule has 1 aliphatic carbocycles. The molecular weight excluding hydrogens is 360 g/mol. The second-order valence-electron chi connectivity index (χ2n) is 6.95. The van der Waals surface area contributed by atoms with E-state index in [-0.39, 0.29) is 12.5 Å². The summed E-state index contributed by atoms with van der Waals surface area (Å²) in [6.45, 7) is 0.792. The number of hydrogen-bond acceptors (Lipinski definition) is 5. The van der Waals surface area contributed by atoms with Crippen molar-refractivity contribution in [3.63, 3.8) is 0 Å². The van der Waals surface area contributed by atoms with Crippen LogP contribution in [0.5, 0.6) is 0 Å². The Morgan fingerprint density at radius 2 is 1.88 bits per heavy atom. The molecule has 8 nitrogen and oxygen atoms in total. The SMILES string of the molecule is O=C(O)c1ccc(S(=O)(=O)N2CCCC2C(=O)NCC2CCCCC2)o1. The number of carbonyl (C=O) groups is 2. The minimum Gasteiger partial charge on any atom is -0.475 e. The lowest BCUT2D eigenvalue weighted by Gasteiger charge is -2.25. The zero-order chi connectivity index (χ0) is 18.7. The fraction of sp³-hybridized carbons (Fsp3) is 0.647. The maximum Gasteiger partial charge on any atom is 0.371 e. The largest absolute Gasteiger partial charge is 0.475 e. The van der Waals surface area contributed by atoms with Gasteiger partial charge in [-0.3, -0.25) is 4.79 Å². The number of sulfonamides is 1. The van der Waals surface area contributed by atoms with Crippen molar-refractivity contribution in [3.05, 3.63) is 17.9 Å². The molecule has 3 rings (SSSR count). The average Bonchev–Trinajstić information content (AvgIpc) is 3.30. The molecule has 2 N–H and O–H groups in total. The van der Waals surface area contributed by atoms with Crippen molar-refractivity contribution >= 4 is 21.9 Å². The van der Waals surface area contributed by atoms with E-state index >= 15 is 0 Å². The standard InChI is InChI=1S/C17H24N2O6S/c20-16(18-11-12-5-2-1-3-6-12)13-7-4-10-19(13)26(23,24)15-9-8-14(25-15)17(21)22/h8-9,12-13H,1-7,10-11H2,(H,18,20)(H,21,22). The number of carboxylic acid groups (broad SMARTS) is 1. The maximum absolute atomic E-state index is 12.8. The lowest BCUT2D eigenvalue weighted by molar-refractivity contribution is -0.124. The van der Waals surface area contributed by atoms with E-state index in [1.54, 1.807) is 0 Å². The number of carbonyl (C=O) groups excluding carboxylic acids is 1. The van der Waals surface area contributed by atoms with Crippen molar-refractivity contribution in [1.82, 2.24) is 9.62 Å². The molecule has 144 valence electrons. The monoisotopic (exact) mass is 384 g/mol. The summed E-state index contributed by atoms with van der Waals surface area (Å²) in [5, 5.41) is 11.4. The fourth-order valence-electron chi connectivity index (χ4n) is 3.73. The molecule has 1 saturated carbocycles. The molecule has 1 atom stereocenters. The van der Waals surface area contributed by atoms with Crippen molar-refractivity contribution in [2.75, 3.05) is 13.1 Å². The van der Waals surface area contributed by atoms with Gasteiger partial charge in [0.1, 0.15) is 6.04 Å². The van der Waals surface area contributed by atoms with Crippen molar-refractivity contribution in [1.29, 1.82) is 0 Å². The highest BCUT2D eigenvalue weighted by Gasteiger charge is 2.41. The van der Waals surface area contributed by atoms with Gasteiger partial charge in [-0.2, -0.15) is 4.31 Å². The van der Waals surface area contributed by atoms with E-state index in [1.807, 2.05) is 0 Å². The first-order valence-corrected chi connectivity index (χ1v) is 10.5. The molecule has 1 aromatic heterocycles. The van der Waals surface area contributed by atoms with Crippen LogP contribution in [0.3, 0.4) is 0 Å². The summed E-state index contributed by atoms with van der Waals surface area (Å²) < 4.78 is 31.6. The van der Waals surface area contributed by atoms with Gasteiger partial charge in [0.15, 0.2) is 0 Å². The van der Waals surface area contributed by atoms with E-state index in [2.05, 4.69) is 5.32 Å². The Morgan fingerprint density at radius 1 is 1.15 bits per heavy atom. The van der Waals surface area contributed by atoms with Gasteiger partial charge in [-0.15, -0.1) is 0 Å². The van der Waals surface area contributed by atoms with Crippen LogP contribution in [-0.4, -0.2) is 48.8 Å². The van der Waals surface area contributed by atoms with Crippen LogP contribution in [0, 0.1) is 5.92 Å². The minimum absolute atomic E-state index is 0.215. The van der Waals surface area contributed by atoms with E-state index < -0.39 is 32.9 Å². The highest BCUT2D eigenvalue weighted by Crippen LogP contribution is 2.28. The maximum atomic E-state index is 12.8. The predicted molar refractivity (Wildman–Crippen MR) is 92.2 cm³/mol. The van der Waals surface area contributed by atoms with Gasteiger partial charge in [0.2, 0.25) is 16.8 Å². The molecule has 0 spiro atoms. The summed E-state index contributed by atoms with van der Waals surface area (Å²) in [7, 11) is -4.05. The average molecular weight is 384 g/mol. The second kappa shape index (κ2) is 7.79. The zero-order valence-electron chi connectivity index (χ0n) is 14.5. The molecule has 2 fully saturated rings. The molecule has 2 heterocycles. The van der Waals surface area contributed by atoms with Crippen LogP contribution in [0.25, 0.3) is 0 Å². The van der Waals surface area contributed by atoms with Crippen molar-refractivity contribution in [2.24, 2.45) is 5.92 Å². The van der Waals surface area contributed by atoms with Gasteiger partial charge in [0.25, 0.3) is 10.0 Å². The number of amides is 1. The van der Waals surface area contributed by atoms with Crippen molar-refractivity contribution in [3.8, 4) is 0 Å². The van der Waals surface area contributed by atoms with Gasteiger partial charge < -0.3 is 14.8 Å².